The average molecular weight is 449 g/mol. The van der Waals surface area contributed by atoms with Gasteiger partial charge in [-0.3, -0.25) is 15.0 Å². The molecule has 3 rings (SSSR count). The van der Waals surface area contributed by atoms with E-state index in [2.05, 4.69) is 38.8 Å². The van der Waals surface area contributed by atoms with Gasteiger partial charge in [0.25, 0.3) is 5.69 Å². The molecule has 1 heterocycles. The largest absolute Gasteiger partial charge is 0.495 e. The number of nitrogens with zero attached hydrogens (tertiary/aromatic N) is 3. The maximum Gasteiger partial charge on any atom is 0.271 e. The predicted molar refractivity (Wildman–Crippen MR) is 118 cm³/mol. The van der Waals surface area contributed by atoms with Crippen molar-refractivity contribution in [3.63, 3.8) is 0 Å². The Hall–Kier alpha value is -2.53. The minimum atomic E-state index is -3.91. The third-order valence-electron chi connectivity index (χ3n) is 5.30. The van der Waals surface area contributed by atoms with Crippen molar-refractivity contribution in [2.75, 3.05) is 46.4 Å². The van der Waals surface area contributed by atoms with Crippen LogP contribution in [-0.4, -0.2) is 69.5 Å². The molecule has 0 atom stereocenters. The van der Waals surface area contributed by atoms with Crippen molar-refractivity contribution in [1.82, 2.24) is 14.5 Å². The van der Waals surface area contributed by atoms with Crippen LogP contribution >= 0.6 is 0 Å². The van der Waals surface area contributed by atoms with Crippen LogP contribution in [0.2, 0.25) is 0 Å². The molecule has 0 aromatic heterocycles. The second-order valence-corrected chi connectivity index (χ2v) is 9.18. The van der Waals surface area contributed by atoms with Crippen LogP contribution in [0.25, 0.3) is 0 Å². The highest BCUT2D eigenvalue weighted by Gasteiger charge is 2.23. The Morgan fingerprint density at radius 1 is 1.06 bits per heavy atom. The van der Waals surface area contributed by atoms with E-state index >= 15 is 0 Å². The Bertz CT molecular complexity index is 977. The average Bonchev–Trinajstić information content (AvgIpc) is 2.78. The van der Waals surface area contributed by atoms with E-state index in [1.165, 1.54) is 24.8 Å². The standard InChI is InChI=1S/C21H28N4O5S/c1-30-20-9-8-19(25(26)27)16-21(20)31(28,29)22-10-5-11-23-12-14-24(15-13-23)17-18-6-3-2-4-7-18/h2-4,6-9,16,22H,5,10-15,17H2,1H3. The number of rotatable bonds is 10. The van der Waals surface area contributed by atoms with Crippen molar-refractivity contribution in [3.8, 4) is 5.75 Å². The monoisotopic (exact) mass is 448 g/mol. The molecule has 0 aliphatic carbocycles. The van der Waals surface area contributed by atoms with E-state index in [-0.39, 0.29) is 22.9 Å². The summed E-state index contributed by atoms with van der Waals surface area (Å²) >= 11 is 0. The molecule has 0 spiro atoms. The summed E-state index contributed by atoms with van der Waals surface area (Å²) in [6, 6.07) is 13.9. The van der Waals surface area contributed by atoms with Crippen molar-refractivity contribution >= 4 is 15.7 Å². The zero-order chi connectivity index (χ0) is 22.3. The van der Waals surface area contributed by atoms with E-state index < -0.39 is 14.9 Å². The Morgan fingerprint density at radius 3 is 2.39 bits per heavy atom. The first-order valence-electron chi connectivity index (χ1n) is 10.2. The van der Waals surface area contributed by atoms with Crippen molar-refractivity contribution in [3.05, 3.63) is 64.2 Å². The predicted octanol–water partition coefficient (Wildman–Crippen LogP) is 2.09. The number of sulfonamides is 1. The normalized spacial score (nSPS) is 15.6. The molecular formula is C21H28N4O5S. The SMILES string of the molecule is COc1ccc([N+](=O)[O-])cc1S(=O)(=O)NCCCN1CCN(Cc2ccccc2)CC1. The first-order valence-corrected chi connectivity index (χ1v) is 11.7. The molecule has 31 heavy (non-hydrogen) atoms. The highest BCUT2D eigenvalue weighted by atomic mass is 32.2. The molecule has 2 aromatic carbocycles. The van der Waals surface area contributed by atoms with Crippen LogP contribution in [0.5, 0.6) is 5.75 Å². The molecule has 168 valence electrons. The quantitative estimate of drug-likeness (QED) is 0.337. The van der Waals surface area contributed by atoms with E-state index in [9.17, 15) is 18.5 Å². The second-order valence-electron chi connectivity index (χ2n) is 7.45. The Labute approximate surface area is 182 Å². The lowest BCUT2D eigenvalue weighted by atomic mass is 10.2. The fourth-order valence-corrected chi connectivity index (χ4v) is 4.85. The van der Waals surface area contributed by atoms with Gasteiger partial charge in [0.15, 0.2) is 0 Å². The maximum absolute atomic E-state index is 12.6. The highest BCUT2D eigenvalue weighted by molar-refractivity contribution is 7.89. The zero-order valence-electron chi connectivity index (χ0n) is 17.6. The Balaban J connectivity index is 1.44. The summed E-state index contributed by atoms with van der Waals surface area (Å²) in [6.45, 7) is 5.82. The fourth-order valence-electron chi connectivity index (χ4n) is 3.59. The molecule has 9 nitrogen and oxygen atoms in total. The summed E-state index contributed by atoms with van der Waals surface area (Å²) in [6.07, 6.45) is 0.648. The van der Waals surface area contributed by atoms with Gasteiger partial charge in [0, 0.05) is 51.4 Å². The van der Waals surface area contributed by atoms with Gasteiger partial charge in [-0.2, -0.15) is 0 Å². The number of non-ortho nitro benzene ring substituents is 1. The van der Waals surface area contributed by atoms with E-state index in [1.54, 1.807) is 0 Å². The Kier molecular flexibility index (Phi) is 7.97. The van der Waals surface area contributed by atoms with Gasteiger partial charge in [0.05, 0.1) is 12.0 Å². The molecule has 10 heteroatoms. The van der Waals surface area contributed by atoms with Crippen molar-refractivity contribution in [1.29, 1.82) is 0 Å². The summed E-state index contributed by atoms with van der Waals surface area (Å²) < 4.78 is 32.8. The van der Waals surface area contributed by atoms with Crippen LogP contribution in [0.4, 0.5) is 5.69 Å². The minimum Gasteiger partial charge on any atom is -0.495 e. The lowest BCUT2D eigenvalue weighted by Gasteiger charge is -2.34. The maximum atomic E-state index is 12.6. The molecule has 1 saturated heterocycles. The van der Waals surface area contributed by atoms with Crippen LogP contribution in [0.3, 0.4) is 0 Å². The van der Waals surface area contributed by atoms with Crippen LogP contribution in [0.15, 0.2) is 53.4 Å². The second kappa shape index (κ2) is 10.7. The fraction of sp³-hybridized carbons (Fsp3) is 0.429. The first kappa shape index (κ1) is 23.1. The van der Waals surface area contributed by atoms with Gasteiger partial charge in [0.1, 0.15) is 10.6 Å². The number of nitro groups is 1. The van der Waals surface area contributed by atoms with Gasteiger partial charge < -0.3 is 9.64 Å². The molecule has 0 bridgehead atoms. The Morgan fingerprint density at radius 2 is 1.74 bits per heavy atom. The van der Waals surface area contributed by atoms with E-state index in [4.69, 9.17) is 4.74 Å². The molecule has 0 amide bonds. The van der Waals surface area contributed by atoms with Crippen molar-refractivity contribution < 1.29 is 18.1 Å². The van der Waals surface area contributed by atoms with Crippen LogP contribution in [0, 0.1) is 10.1 Å². The number of hydrogen-bond acceptors (Lipinski definition) is 7. The number of methoxy groups -OCH3 is 1. The number of nitrogens with one attached hydrogen (secondary N) is 1. The van der Waals surface area contributed by atoms with Crippen molar-refractivity contribution in [2.45, 2.75) is 17.9 Å². The van der Waals surface area contributed by atoms with Gasteiger partial charge in [-0.25, -0.2) is 13.1 Å². The highest BCUT2D eigenvalue weighted by Crippen LogP contribution is 2.27. The van der Waals surface area contributed by atoms with E-state index in [0.29, 0.717) is 6.42 Å². The third kappa shape index (κ3) is 6.47. The molecule has 0 radical (unpaired) electrons. The number of hydrogen-bond donors (Lipinski definition) is 1. The van der Waals surface area contributed by atoms with E-state index in [0.717, 1.165) is 45.3 Å². The lowest BCUT2D eigenvalue weighted by Crippen LogP contribution is -2.46. The zero-order valence-corrected chi connectivity index (χ0v) is 18.4. The number of piperazine rings is 1. The summed E-state index contributed by atoms with van der Waals surface area (Å²) in [4.78, 5) is 14.9. The third-order valence-corrected chi connectivity index (χ3v) is 6.79. The molecule has 1 fully saturated rings. The molecule has 1 N–H and O–H groups in total. The summed E-state index contributed by atoms with van der Waals surface area (Å²) in [5.41, 5.74) is 1.01. The van der Waals surface area contributed by atoms with Crippen LogP contribution < -0.4 is 9.46 Å². The summed E-state index contributed by atoms with van der Waals surface area (Å²) in [7, 11) is -2.58. The molecule has 0 unspecified atom stereocenters. The minimum absolute atomic E-state index is 0.0765. The van der Waals surface area contributed by atoms with Crippen LogP contribution in [0.1, 0.15) is 12.0 Å². The van der Waals surface area contributed by atoms with Crippen LogP contribution in [-0.2, 0) is 16.6 Å². The summed E-state index contributed by atoms with van der Waals surface area (Å²) in [5, 5.41) is 11.0. The molecular weight excluding hydrogens is 420 g/mol. The lowest BCUT2D eigenvalue weighted by molar-refractivity contribution is -0.385. The topological polar surface area (TPSA) is 105 Å². The summed E-state index contributed by atoms with van der Waals surface area (Å²) in [5.74, 6) is 0.0765. The van der Waals surface area contributed by atoms with E-state index in [1.807, 2.05) is 6.07 Å². The smallest absolute Gasteiger partial charge is 0.271 e. The number of ether oxygens (including phenoxy) is 1. The molecule has 1 aliphatic rings. The molecule has 2 aromatic rings. The van der Waals surface area contributed by atoms with Crippen molar-refractivity contribution in [2.24, 2.45) is 0 Å². The molecule has 1 aliphatic heterocycles. The number of nitro benzene ring substituents is 1. The van der Waals surface area contributed by atoms with Gasteiger partial charge in [0.2, 0.25) is 10.0 Å². The van der Waals surface area contributed by atoms with Gasteiger partial charge >= 0.3 is 0 Å². The first-order chi connectivity index (χ1) is 14.9. The van der Waals surface area contributed by atoms with Gasteiger partial charge in [-0.15, -0.1) is 0 Å². The molecule has 0 saturated carbocycles. The number of benzene rings is 2. The van der Waals surface area contributed by atoms with Gasteiger partial charge in [-0.05, 0) is 24.6 Å². The van der Waals surface area contributed by atoms with Gasteiger partial charge in [-0.1, -0.05) is 30.3 Å².